The van der Waals surface area contributed by atoms with E-state index in [-0.39, 0.29) is 12.1 Å². The molecule has 1 N–H and O–H groups in total. The SMILES string of the molecule is Cc1cnc(C(C)NC(C)c2csc(C)n2)o1. The van der Waals surface area contributed by atoms with Gasteiger partial charge in [-0.2, -0.15) is 0 Å². The van der Waals surface area contributed by atoms with Crippen LogP contribution in [0.15, 0.2) is 16.0 Å². The van der Waals surface area contributed by atoms with Gasteiger partial charge in [0.25, 0.3) is 0 Å². The van der Waals surface area contributed by atoms with Gasteiger partial charge in [0, 0.05) is 11.4 Å². The monoisotopic (exact) mass is 251 g/mol. The Morgan fingerprint density at radius 3 is 2.59 bits per heavy atom. The van der Waals surface area contributed by atoms with Gasteiger partial charge in [-0.15, -0.1) is 11.3 Å². The Morgan fingerprint density at radius 1 is 1.29 bits per heavy atom. The number of aromatic nitrogens is 2. The zero-order chi connectivity index (χ0) is 12.4. The van der Waals surface area contributed by atoms with Gasteiger partial charge in [-0.1, -0.05) is 0 Å². The molecule has 4 nitrogen and oxygen atoms in total. The second kappa shape index (κ2) is 4.98. The van der Waals surface area contributed by atoms with E-state index in [1.54, 1.807) is 17.5 Å². The Bertz CT molecular complexity index is 447. The van der Waals surface area contributed by atoms with E-state index >= 15 is 0 Å². The van der Waals surface area contributed by atoms with Gasteiger partial charge >= 0.3 is 0 Å². The Hall–Kier alpha value is -1.20. The molecule has 0 radical (unpaired) electrons. The summed E-state index contributed by atoms with van der Waals surface area (Å²) in [4.78, 5) is 8.69. The molecule has 0 aliphatic rings. The maximum atomic E-state index is 5.50. The van der Waals surface area contributed by atoms with Crippen molar-refractivity contribution in [1.29, 1.82) is 0 Å². The first-order valence-electron chi connectivity index (χ1n) is 5.66. The van der Waals surface area contributed by atoms with Crippen molar-refractivity contribution in [2.45, 2.75) is 39.8 Å². The third-order valence-corrected chi connectivity index (χ3v) is 3.38. The second-order valence-electron chi connectivity index (χ2n) is 4.21. The van der Waals surface area contributed by atoms with Gasteiger partial charge in [0.2, 0.25) is 5.89 Å². The lowest BCUT2D eigenvalue weighted by atomic mass is 10.2. The fraction of sp³-hybridized carbons (Fsp3) is 0.500. The molecule has 2 unspecified atom stereocenters. The van der Waals surface area contributed by atoms with Crippen molar-refractivity contribution in [3.8, 4) is 0 Å². The fourth-order valence-corrected chi connectivity index (χ4v) is 2.39. The first-order chi connectivity index (χ1) is 8.06. The van der Waals surface area contributed by atoms with E-state index in [9.17, 15) is 0 Å². The summed E-state index contributed by atoms with van der Waals surface area (Å²) >= 11 is 1.67. The van der Waals surface area contributed by atoms with Crippen LogP contribution in [0.3, 0.4) is 0 Å². The molecule has 5 heteroatoms. The lowest BCUT2D eigenvalue weighted by molar-refractivity contribution is 0.378. The standard InChI is InChI=1S/C12H17N3OS/c1-7-5-13-12(16-7)9(3)14-8(2)11-6-17-10(4)15-11/h5-6,8-9,14H,1-4H3. The Labute approximate surface area is 105 Å². The summed E-state index contributed by atoms with van der Waals surface area (Å²) in [6.45, 7) is 8.06. The van der Waals surface area contributed by atoms with Gasteiger partial charge in [0.1, 0.15) is 5.76 Å². The van der Waals surface area contributed by atoms with Crippen LogP contribution in [0.4, 0.5) is 0 Å². The summed E-state index contributed by atoms with van der Waals surface area (Å²) in [7, 11) is 0. The molecule has 2 aromatic heterocycles. The summed E-state index contributed by atoms with van der Waals surface area (Å²) in [6.07, 6.45) is 1.74. The van der Waals surface area contributed by atoms with Crippen LogP contribution in [0, 0.1) is 13.8 Å². The number of nitrogens with zero attached hydrogens (tertiary/aromatic N) is 2. The highest BCUT2D eigenvalue weighted by atomic mass is 32.1. The largest absolute Gasteiger partial charge is 0.444 e. The summed E-state index contributed by atoms with van der Waals surface area (Å²) < 4.78 is 5.50. The minimum absolute atomic E-state index is 0.0840. The summed E-state index contributed by atoms with van der Waals surface area (Å²) in [5, 5.41) is 6.60. The summed E-state index contributed by atoms with van der Waals surface area (Å²) in [6, 6.07) is 0.280. The van der Waals surface area contributed by atoms with E-state index in [1.807, 2.05) is 20.8 Å². The van der Waals surface area contributed by atoms with Crippen molar-refractivity contribution in [2.75, 3.05) is 0 Å². The number of thiazole rings is 1. The van der Waals surface area contributed by atoms with Crippen LogP contribution >= 0.6 is 11.3 Å². The van der Waals surface area contributed by atoms with Gasteiger partial charge in [0.15, 0.2) is 0 Å². The highest BCUT2D eigenvalue weighted by Gasteiger charge is 2.16. The molecule has 17 heavy (non-hydrogen) atoms. The van der Waals surface area contributed by atoms with Crippen molar-refractivity contribution in [2.24, 2.45) is 0 Å². The topological polar surface area (TPSA) is 51.0 Å². The molecule has 2 atom stereocenters. The molecule has 2 heterocycles. The molecular weight excluding hydrogens is 234 g/mol. The third kappa shape index (κ3) is 2.92. The molecular formula is C12H17N3OS. The molecule has 0 saturated heterocycles. The second-order valence-corrected chi connectivity index (χ2v) is 5.27. The average Bonchev–Trinajstić information content (AvgIpc) is 2.87. The van der Waals surface area contributed by atoms with Crippen LogP contribution in [-0.4, -0.2) is 9.97 Å². The average molecular weight is 251 g/mol. The number of nitrogens with one attached hydrogen (secondary N) is 1. The van der Waals surface area contributed by atoms with Crippen molar-refractivity contribution < 1.29 is 4.42 Å². The molecule has 0 saturated carbocycles. The van der Waals surface area contributed by atoms with Crippen LogP contribution in [0.25, 0.3) is 0 Å². The molecule has 2 aromatic rings. The smallest absolute Gasteiger partial charge is 0.211 e. The number of hydrogen-bond donors (Lipinski definition) is 1. The van der Waals surface area contributed by atoms with Gasteiger partial charge in [-0.3, -0.25) is 5.32 Å². The molecule has 0 fully saturated rings. The van der Waals surface area contributed by atoms with Crippen LogP contribution in [0.2, 0.25) is 0 Å². The van der Waals surface area contributed by atoms with Gasteiger partial charge in [0.05, 0.1) is 22.9 Å². The highest BCUT2D eigenvalue weighted by Crippen LogP contribution is 2.20. The lowest BCUT2D eigenvalue weighted by Crippen LogP contribution is -2.23. The van der Waals surface area contributed by atoms with Crippen LogP contribution in [-0.2, 0) is 0 Å². The highest BCUT2D eigenvalue weighted by molar-refractivity contribution is 7.09. The molecule has 92 valence electrons. The van der Waals surface area contributed by atoms with E-state index in [1.165, 1.54) is 0 Å². The van der Waals surface area contributed by atoms with Crippen molar-refractivity contribution in [3.05, 3.63) is 33.9 Å². The molecule has 2 rings (SSSR count). The minimum Gasteiger partial charge on any atom is -0.444 e. The third-order valence-electron chi connectivity index (χ3n) is 2.59. The summed E-state index contributed by atoms with van der Waals surface area (Å²) in [5.41, 5.74) is 1.07. The van der Waals surface area contributed by atoms with Crippen molar-refractivity contribution in [3.63, 3.8) is 0 Å². The molecule has 0 aliphatic heterocycles. The van der Waals surface area contributed by atoms with Crippen LogP contribution in [0.5, 0.6) is 0 Å². The maximum absolute atomic E-state index is 5.50. The van der Waals surface area contributed by atoms with E-state index in [0.717, 1.165) is 22.4 Å². The van der Waals surface area contributed by atoms with Crippen molar-refractivity contribution in [1.82, 2.24) is 15.3 Å². The fourth-order valence-electron chi connectivity index (χ4n) is 1.68. The predicted molar refractivity (Wildman–Crippen MR) is 68.1 cm³/mol. The van der Waals surface area contributed by atoms with E-state index in [4.69, 9.17) is 4.42 Å². The van der Waals surface area contributed by atoms with Gasteiger partial charge < -0.3 is 4.42 Å². The summed E-state index contributed by atoms with van der Waals surface area (Å²) in [5.74, 6) is 1.56. The van der Waals surface area contributed by atoms with Crippen molar-refractivity contribution >= 4 is 11.3 Å². The molecule has 0 bridgehead atoms. The minimum atomic E-state index is 0.0840. The Morgan fingerprint density at radius 2 is 2.06 bits per heavy atom. The Balaban J connectivity index is 2.01. The first-order valence-corrected chi connectivity index (χ1v) is 6.54. The van der Waals surface area contributed by atoms with Crippen LogP contribution in [0.1, 0.15) is 48.3 Å². The number of hydrogen-bond acceptors (Lipinski definition) is 5. The first kappa shape index (κ1) is 12.3. The van der Waals surface area contributed by atoms with E-state index in [2.05, 4.69) is 27.6 Å². The number of rotatable bonds is 4. The molecule has 0 aliphatic carbocycles. The van der Waals surface area contributed by atoms with Gasteiger partial charge in [-0.05, 0) is 27.7 Å². The van der Waals surface area contributed by atoms with E-state index in [0.29, 0.717) is 0 Å². The van der Waals surface area contributed by atoms with Gasteiger partial charge in [-0.25, -0.2) is 9.97 Å². The van der Waals surface area contributed by atoms with Crippen LogP contribution < -0.4 is 5.32 Å². The zero-order valence-electron chi connectivity index (χ0n) is 10.5. The van der Waals surface area contributed by atoms with E-state index < -0.39 is 0 Å². The number of oxazole rings is 1. The Kier molecular flexibility index (Phi) is 3.59. The molecule has 0 amide bonds. The molecule has 0 aromatic carbocycles. The number of aryl methyl sites for hydroxylation is 2. The normalized spacial score (nSPS) is 14.8. The maximum Gasteiger partial charge on any atom is 0.211 e. The quantitative estimate of drug-likeness (QED) is 0.906. The molecule has 0 spiro atoms. The predicted octanol–water partition coefficient (Wildman–Crippen LogP) is 3.16. The lowest BCUT2D eigenvalue weighted by Gasteiger charge is -2.15. The zero-order valence-corrected chi connectivity index (χ0v) is 11.3.